The predicted octanol–water partition coefficient (Wildman–Crippen LogP) is 0.666. The van der Waals surface area contributed by atoms with Crippen molar-refractivity contribution in [1.29, 1.82) is 0 Å². The van der Waals surface area contributed by atoms with Gasteiger partial charge in [-0.1, -0.05) is 0 Å². The number of hydrogen-bond donors (Lipinski definition) is 1. The van der Waals surface area contributed by atoms with Crippen molar-refractivity contribution in [2.45, 2.75) is 12.8 Å². The Kier molecular flexibility index (Phi) is 7.83. The van der Waals surface area contributed by atoms with Crippen LogP contribution in [-0.2, 0) is 14.2 Å². The molecule has 0 heterocycles. The van der Waals surface area contributed by atoms with E-state index in [1.165, 1.54) is 12.8 Å². The Morgan fingerprint density at radius 3 is 2.40 bits per heavy atom. The number of hydrogen-bond acceptors (Lipinski definition) is 4. The van der Waals surface area contributed by atoms with Gasteiger partial charge in [-0.3, -0.25) is 0 Å². The first-order valence-corrected chi connectivity index (χ1v) is 5.78. The van der Waals surface area contributed by atoms with Gasteiger partial charge in [-0.25, -0.2) is 0 Å². The molecule has 1 N–H and O–H groups in total. The van der Waals surface area contributed by atoms with Gasteiger partial charge < -0.3 is 19.5 Å². The fourth-order valence-electron chi connectivity index (χ4n) is 1.19. The second-order valence-corrected chi connectivity index (χ2v) is 3.87. The van der Waals surface area contributed by atoms with Gasteiger partial charge in [0.2, 0.25) is 0 Å². The van der Waals surface area contributed by atoms with E-state index in [9.17, 15) is 0 Å². The van der Waals surface area contributed by atoms with Crippen molar-refractivity contribution >= 4 is 0 Å². The smallest absolute Gasteiger partial charge is 0.0700 e. The molecule has 0 amide bonds. The lowest BCUT2D eigenvalue weighted by molar-refractivity contribution is 0.0703. The summed E-state index contributed by atoms with van der Waals surface area (Å²) in [6.07, 6.45) is 2.72. The number of methoxy groups -OCH3 is 1. The molecule has 0 bridgehead atoms. The van der Waals surface area contributed by atoms with Crippen molar-refractivity contribution in [3.8, 4) is 0 Å². The van der Waals surface area contributed by atoms with Crippen molar-refractivity contribution in [3.63, 3.8) is 0 Å². The monoisotopic (exact) mass is 217 g/mol. The van der Waals surface area contributed by atoms with Gasteiger partial charge in [-0.05, 0) is 18.8 Å². The van der Waals surface area contributed by atoms with E-state index in [0.717, 1.165) is 38.8 Å². The summed E-state index contributed by atoms with van der Waals surface area (Å²) in [5, 5.41) is 3.27. The average molecular weight is 217 g/mol. The molecule has 0 aromatic carbocycles. The minimum atomic E-state index is 0.671. The minimum Gasteiger partial charge on any atom is -0.382 e. The molecule has 4 nitrogen and oxygen atoms in total. The van der Waals surface area contributed by atoms with Gasteiger partial charge in [-0.2, -0.15) is 0 Å². The van der Waals surface area contributed by atoms with Gasteiger partial charge in [0.1, 0.15) is 0 Å². The fourth-order valence-corrected chi connectivity index (χ4v) is 1.19. The molecule has 15 heavy (non-hydrogen) atoms. The second-order valence-electron chi connectivity index (χ2n) is 3.87. The lowest BCUT2D eigenvalue weighted by Crippen LogP contribution is -2.24. The van der Waals surface area contributed by atoms with E-state index in [2.05, 4.69) is 5.32 Å². The van der Waals surface area contributed by atoms with Gasteiger partial charge >= 0.3 is 0 Å². The van der Waals surface area contributed by atoms with Crippen molar-refractivity contribution in [2.75, 3.05) is 53.2 Å². The zero-order valence-corrected chi connectivity index (χ0v) is 9.67. The first-order valence-electron chi connectivity index (χ1n) is 5.78. The maximum atomic E-state index is 5.48. The van der Waals surface area contributed by atoms with Crippen LogP contribution in [0.1, 0.15) is 12.8 Å². The third kappa shape index (κ3) is 8.81. The summed E-state index contributed by atoms with van der Waals surface area (Å²) in [6, 6.07) is 0. The zero-order chi connectivity index (χ0) is 10.8. The van der Waals surface area contributed by atoms with Gasteiger partial charge in [0.15, 0.2) is 0 Å². The highest BCUT2D eigenvalue weighted by Crippen LogP contribution is 2.28. The maximum absolute atomic E-state index is 5.48. The molecular weight excluding hydrogens is 194 g/mol. The Morgan fingerprint density at radius 1 is 1.00 bits per heavy atom. The van der Waals surface area contributed by atoms with E-state index >= 15 is 0 Å². The quantitative estimate of drug-likeness (QED) is 0.516. The Morgan fingerprint density at radius 2 is 1.73 bits per heavy atom. The van der Waals surface area contributed by atoms with Crippen molar-refractivity contribution in [1.82, 2.24) is 5.32 Å². The molecule has 0 saturated heterocycles. The molecule has 0 aromatic heterocycles. The van der Waals surface area contributed by atoms with Crippen LogP contribution in [0.2, 0.25) is 0 Å². The summed E-state index contributed by atoms with van der Waals surface area (Å²) in [5.41, 5.74) is 0. The molecule has 0 atom stereocenters. The van der Waals surface area contributed by atoms with Crippen molar-refractivity contribution < 1.29 is 14.2 Å². The van der Waals surface area contributed by atoms with Crippen LogP contribution in [0.4, 0.5) is 0 Å². The van der Waals surface area contributed by atoms with E-state index < -0.39 is 0 Å². The number of ether oxygens (including phenoxy) is 3. The van der Waals surface area contributed by atoms with Crippen molar-refractivity contribution in [2.24, 2.45) is 5.92 Å². The van der Waals surface area contributed by atoms with Crippen molar-refractivity contribution in [3.05, 3.63) is 0 Å². The summed E-state index contributed by atoms with van der Waals surface area (Å²) in [5.74, 6) is 0.863. The van der Waals surface area contributed by atoms with E-state index in [1.54, 1.807) is 7.11 Å². The first-order chi connectivity index (χ1) is 7.43. The highest BCUT2D eigenvalue weighted by Gasteiger charge is 2.20. The largest absolute Gasteiger partial charge is 0.382 e. The second kappa shape index (κ2) is 9.09. The van der Waals surface area contributed by atoms with E-state index in [1.807, 2.05) is 0 Å². The molecule has 1 fully saturated rings. The molecule has 4 heteroatoms. The van der Waals surface area contributed by atoms with Crippen LogP contribution in [0.25, 0.3) is 0 Å². The van der Waals surface area contributed by atoms with Gasteiger partial charge in [0.05, 0.1) is 26.4 Å². The molecule has 0 spiro atoms. The van der Waals surface area contributed by atoms with Crippen LogP contribution >= 0.6 is 0 Å². The average Bonchev–Trinajstić information content (AvgIpc) is 3.05. The number of rotatable bonds is 11. The molecule has 0 radical (unpaired) electrons. The minimum absolute atomic E-state index is 0.671. The van der Waals surface area contributed by atoms with Crippen LogP contribution in [0.5, 0.6) is 0 Å². The molecule has 0 unspecified atom stereocenters. The Bertz CT molecular complexity index is 140. The first kappa shape index (κ1) is 12.9. The molecule has 0 aromatic rings. The van der Waals surface area contributed by atoms with Gasteiger partial charge in [-0.15, -0.1) is 0 Å². The SMILES string of the molecule is COCCOCCNCCOCC1CC1. The zero-order valence-electron chi connectivity index (χ0n) is 9.67. The maximum Gasteiger partial charge on any atom is 0.0700 e. The molecule has 0 aliphatic heterocycles. The normalized spacial score (nSPS) is 15.8. The van der Waals surface area contributed by atoms with E-state index in [4.69, 9.17) is 14.2 Å². The highest BCUT2D eigenvalue weighted by molar-refractivity contribution is 4.71. The lowest BCUT2D eigenvalue weighted by Gasteiger charge is -2.06. The lowest BCUT2D eigenvalue weighted by atomic mass is 10.5. The summed E-state index contributed by atoms with van der Waals surface area (Å²) in [6.45, 7) is 5.66. The standard InChI is InChI=1S/C11H23NO3/c1-13-8-9-14-6-4-12-5-7-15-10-11-2-3-11/h11-12H,2-10H2,1H3. The van der Waals surface area contributed by atoms with Gasteiger partial charge in [0, 0.05) is 26.8 Å². The summed E-state index contributed by atoms with van der Waals surface area (Å²) < 4.78 is 15.6. The molecule has 1 aliphatic rings. The van der Waals surface area contributed by atoms with Crippen LogP contribution in [0.15, 0.2) is 0 Å². The Hall–Kier alpha value is -0.160. The number of nitrogens with one attached hydrogen (secondary N) is 1. The predicted molar refractivity (Wildman–Crippen MR) is 59.1 cm³/mol. The molecule has 1 saturated carbocycles. The third-order valence-corrected chi connectivity index (χ3v) is 2.33. The molecule has 90 valence electrons. The van der Waals surface area contributed by atoms with E-state index in [-0.39, 0.29) is 0 Å². The molecule has 1 rings (SSSR count). The third-order valence-electron chi connectivity index (χ3n) is 2.33. The Balaban J connectivity index is 1.62. The molecular formula is C11H23NO3. The highest BCUT2D eigenvalue weighted by atomic mass is 16.5. The van der Waals surface area contributed by atoms with E-state index in [0.29, 0.717) is 13.2 Å². The summed E-state index contributed by atoms with van der Waals surface area (Å²) >= 11 is 0. The van der Waals surface area contributed by atoms with Crippen LogP contribution in [-0.4, -0.2) is 53.2 Å². The van der Waals surface area contributed by atoms with Crippen LogP contribution in [0.3, 0.4) is 0 Å². The summed E-state index contributed by atoms with van der Waals surface area (Å²) in [7, 11) is 1.68. The van der Waals surface area contributed by atoms with Crippen LogP contribution < -0.4 is 5.32 Å². The molecule has 1 aliphatic carbocycles. The van der Waals surface area contributed by atoms with Crippen LogP contribution in [0, 0.1) is 5.92 Å². The summed E-state index contributed by atoms with van der Waals surface area (Å²) in [4.78, 5) is 0. The van der Waals surface area contributed by atoms with Gasteiger partial charge in [0.25, 0.3) is 0 Å². The Labute approximate surface area is 92.3 Å². The fraction of sp³-hybridized carbons (Fsp3) is 1.00. The topological polar surface area (TPSA) is 39.7 Å².